The molecular formula is C16H34BNS. The van der Waals surface area contributed by atoms with Crippen LogP contribution in [-0.2, 0) is 0 Å². The molecule has 1 unspecified atom stereocenters. The first-order valence-electron chi connectivity index (χ1n) is 7.67. The minimum absolute atomic E-state index is 0.473. The van der Waals surface area contributed by atoms with Gasteiger partial charge >= 0.3 is 0 Å². The molecule has 1 nitrogen and oxygen atoms in total. The van der Waals surface area contributed by atoms with E-state index in [4.69, 9.17) is 7.98 Å². The Morgan fingerprint density at radius 3 is 2.21 bits per heavy atom. The summed E-state index contributed by atoms with van der Waals surface area (Å²) in [6, 6.07) is 0. The van der Waals surface area contributed by atoms with Crippen LogP contribution in [0.4, 0.5) is 0 Å². The third kappa shape index (κ3) is 13.1. The molecule has 0 aromatic heterocycles. The lowest BCUT2D eigenvalue weighted by Crippen LogP contribution is -2.18. The van der Waals surface area contributed by atoms with Gasteiger partial charge in [0.25, 0.3) is 0 Å². The van der Waals surface area contributed by atoms with E-state index in [1.54, 1.807) is 0 Å². The molecule has 112 valence electrons. The largest absolute Gasteiger partial charge is 0.366 e. The zero-order chi connectivity index (χ0) is 14.9. The van der Waals surface area contributed by atoms with Gasteiger partial charge < -0.3 is 5.23 Å². The average molecular weight is 283 g/mol. The number of nitrogens with one attached hydrogen (secondary N) is 1. The van der Waals surface area contributed by atoms with Gasteiger partial charge in [-0.1, -0.05) is 48.0 Å². The van der Waals surface area contributed by atoms with Crippen molar-refractivity contribution in [3.05, 3.63) is 0 Å². The Hall–Kier alpha value is 0.375. The summed E-state index contributed by atoms with van der Waals surface area (Å²) >= 11 is 2.01. The van der Waals surface area contributed by atoms with Crippen molar-refractivity contribution in [2.45, 2.75) is 67.2 Å². The molecule has 1 atom stereocenters. The SMILES string of the molecule is [B]NCCSCCC(C)(C)CC(C)CCC(C)(C)C. The smallest absolute Gasteiger partial charge is 0.177 e. The predicted octanol–water partition coefficient (Wildman–Crippen LogP) is 4.66. The zero-order valence-corrected chi connectivity index (χ0v) is 14.8. The van der Waals surface area contributed by atoms with E-state index in [0.29, 0.717) is 10.8 Å². The molecule has 2 radical (unpaired) electrons. The number of thioether (sulfide) groups is 1. The van der Waals surface area contributed by atoms with Crippen molar-refractivity contribution in [2.24, 2.45) is 16.7 Å². The summed E-state index contributed by atoms with van der Waals surface area (Å²) in [4.78, 5) is 0. The molecule has 0 aliphatic rings. The summed E-state index contributed by atoms with van der Waals surface area (Å²) in [5.74, 6) is 3.21. The molecule has 0 amide bonds. The molecule has 0 rings (SSSR count). The van der Waals surface area contributed by atoms with Crippen LogP contribution in [0.2, 0.25) is 0 Å². The number of rotatable bonds is 10. The standard InChI is InChI=1S/C16H34BNS/c1-14(7-8-15(2,3)4)13-16(5,6)9-11-19-12-10-18-17/h14,18H,7-13H2,1-6H3. The molecule has 0 aromatic carbocycles. The predicted molar refractivity (Wildman–Crippen MR) is 91.9 cm³/mol. The van der Waals surface area contributed by atoms with Crippen LogP contribution >= 0.6 is 11.8 Å². The van der Waals surface area contributed by atoms with Crippen LogP contribution in [0.1, 0.15) is 67.2 Å². The highest BCUT2D eigenvalue weighted by Crippen LogP contribution is 2.34. The van der Waals surface area contributed by atoms with Gasteiger partial charge in [0.05, 0.1) is 0 Å². The van der Waals surface area contributed by atoms with Gasteiger partial charge in [-0.3, -0.25) is 0 Å². The van der Waals surface area contributed by atoms with Gasteiger partial charge in [0.1, 0.15) is 0 Å². The number of hydrogen-bond acceptors (Lipinski definition) is 2. The van der Waals surface area contributed by atoms with Crippen molar-refractivity contribution in [3.63, 3.8) is 0 Å². The molecule has 0 saturated heterocycles. The van der Waals surface area contributed by atoms with E-state index in [9.17, 15) is 0 Å². The highest BCUT2D eigenvalue weighted by atomic mass is 32.2. The Morgan fingerprint density at radius 2 is 1.68 bits per heavy atom. The lowest BCUT2D eigenvalue weighted by Gasteiger charge is -2.29. The summed E-state index contributed by atoms with van der Waals surface area (Å²) in [7, 11) is 5.27. The van der Waals surface area contributed by atoms with E-state index >= 15 is 0 Å². The quantitative estimate of drug-likeness (QED) is 0.462. The average Bonchev–Trinajstić information content (AvgIpc) is 2.24. The van der Waals surface area contributed by atoms with Crippen molar-refractivity contribution in [2.75, 3.05) is 18.1 Å². The van der Waals surface area contributed by atoms with Gasteiger partial charge in [-0.25, -0.2) is 0 Å². The maximum atomic E-state index is 5.27. The first kappa shape index (κ1) is 19.4. The van der Waals surface area contributed by atoms with Crippen LogP contribution < -0.4 is 5.23 Å². The fourth-order valence-electron chi connectivity index (χ4n) is 2.41. The van der Waals surface area contributed by atoms with Crippen LogP contribution in [0.15, 0.2) is 0 Å². The Morgan fingerprint density at radius 1 is 1.05 bits per heavy atom. The van der Waals surface area contributed by atoms with Gasteiger partial charge in [0, 0.05) is 5.75 Å². The van der Waals surface area contributed by atoms with Crippen LogP contribution in [0.25, 0.3) is 0 Å². The second-order valence-corrected chi connectivity index (χ2v) is 9.11. The van der Waals surface area contributed by atoms with Crippen molar-refractivity contribution < 1.29 is 0 Å². The maximum absolute atomic E-state index is 5.27. The first-order valence-corrected chi connectivity index (χ1v) is 8.83. The van der Waals surface area contributed by atoms with Crippen molar-refractivity contribution in [3.8, 4) is 0 Å². The monoisotopic (exact) mass is 283 g/mol. The molecule has 19 heavy (non-hydrogen) atoms. The minimum Gasteiger partial charge on any atom is -0.366 e. The van der Waals surface area contributed by atoms with Crippen molar-refractivity contribution in [1.29, 1.82) is 0 Å². The molecule has 0 fully saturated rings. The molecule has 0 bridgehead atoms. The summed E-state index contributed by atoms with van der Waals surface area (Å²) in [6.45, 7) is 15.2. The molecule has 3 heteroatoms. The van der Waals surface area contributed by atoms with Crippen LogP contribution in [0, 0.1) is 16.7 Å². The molecule has 0 saturated carbocycles. The van der Waals surface area contributed by atoms with Crippen LogP contribution in [0.3, 0.4) is 0 Å². The van der Waals surface area contributed by atoms with Gasteiger partial charge in [0.15, 0.2) is 7.98 Å². The lowest BCUT2D eigenvalue weighted by atomic mass is 9.78. The summed E-state index contributed by atoms with van der Waals surface area (Å²) in [5.41, 5.74) is 0.948. The third-order valence-electron chi connectivity index (χ3n) is 3.60. The maximum Gasteiger partial charge on any atom is 0.177 e. The zero-order valence-electron chi connectivity index (χ0n) is 14.0. The van der Waals surface area contributed by atoms with Crippen molar-refractivity contribution >= 4 is 19.7 Å². The molecule has 0 aliphatic carbocycles. The molecule has 0 aliphatic heterocycles. The second-order valence-electron chi connectivity index (χ2n) is 7.89. The fraction of sp³-hybridized carbons (Fsp3) is 1.00. The Kier molecular flexibility index (Phi) is 9.52. The highest BCUT2D eigenvalue weighted by Gasteiger charge is 2.22. The molecule has 0 aromatic rings. The molecule has 1 N–H and O–H groups in total. The van der Waals surface area contributed by atoms with E-state index < -0.39 is 0 Å². The minimum atomic E-state index is 0.473. The van der Waals surface area contributed by atoms with Gasteiger partial charge in [-0.15, -0.1) is 0 Å². The first-order chi connectivity index (χ1) is 8.66. The molecule has 0 heterocycles. The van der Waals surface area contributed by atoms with Gasteiger partial charge in [-0.05, 0) is 48.3 Å². The van der Waals surface area contributed by atoms with Gasteiger partial charge in [-0.2, -0.15) is 11.8 Å². The van der Waals surface area contributed by atoms with E-state index in [-0.39, 0.29) is 0 Å². The highest BCUT2D eigenvalue weighted by molar-refractivity contribution is 7.99. The fourth-order valence-corrected chi connectivity index (χ4v) is 3.57. The third-order valence-corrected chi connectivity index (χ3v) is 4.59. The summed E-state index contributed by atoms with van der Waals surface area (Å²) in [5, 5.41) is 2.71. The second kappa shape index (κ2) is 9.34. The molecule has 0 spiro atoms. The van der Waals surface area contributed by atoms with E-state index in [1.807, 2.05) is 11.8 Å². The van der Waals surface area contributed by atoms with Crippen LogP contribution in [-0.4, -0.2) is 26.0 Å². The topological polar surface area (TPSA) is 12.0 Å². The van der Waals surface area contributed by atoms with Crippen LogP contribution in [0.5, 0.6) is 0 Å². The van der Waals surface area contributed by atoms with E-state index in [0.717, 1.165) is 18.2 Å². The Bertz CT molecular complexity index is 223. The molecular weight excluding hydrogens is 249 g/mol. The number of hydrogen-bond donors (Lipinski definition) is 1. The Labute approximate surface area is 127 Å². The summed E-state index contributed by atoms with van der Waals surface area (Å²) < 4.78 is 0. The van der Waals surface area contributed by atoms with Crippen molar-refractivity contribution in [1.82, 2.24) is 5.23 Å². The Balaban J connectivity index is 3.80. The van der Waals surface area contributed by atoms with Gasteiger partial charge in [0.2, 0.25) is 0 Å². The normalized spacial score (nSPS) is 14.6. The van der Waals surface area contributed by atoms with E-state index in [2.05, 4.69) is 46.8 Å². The van der Waals surface area contributed by atoms with E-state index in [1.165, 1.54) is 31.4 Å². The summed E-state index contributed by atoms with van der Waals surface area (Å²) in [6.07, 6.45) is 5.35. The lowest BCUT2D eigenvalue weighted by molar-refractivity contribution is 0.237.